The fourth-order valence-corrected chi connectivity index (χ4v) is 0.970. The second-order valence-corrected chi connectivity index (χ2v) is 3.03. The van der Waals surface area contributed by atoms with E-state index >= 15 is 0 Å². The molecule has 0 saturated carbocycles. The van der Waals surface area contributed by atoms with Crippen LogP contribution in [0.4, 0.5) is 39.5 Å². The summed E-state index contributed by atoms with van der Waals surface area (Å²) in [5.74, 6) is -15.6. The van der Waals surface area contributed by atoms with Crippen molar-refractivity contribution in [3.63, 3.8) is 0 Å². The van der Waals surface area contributed by atoms with E-state index in [9.17, 15) is 39.5 Å². The van der Waals surface area contributed by atoms with E-state index in [-0.39, 0.29) is 0 Å². The van der Waals surface area contributed by atoms with E-state index < -0.39 is 36.8 Å². The van der Waals surface area contributed by atoms with Crippen LogP contribution >= 0.6 is 0 Å². The van der Waals surface area contributed by atoms with Crippen molar-refractivity contribution < 1.29 is 39.5 Å². The van der Waals surface area contributed by atoms with Gasteiger partial charge in [0.1, 0.15) is 0 Å². The molecule has 0 aromatic rings. The van der Waals surface area contributed by atoms with Crippen LogP contribution in [0.25, 0.3) is 0 Å². The first-order valence-corrected chi connectivity index (χ1v) is 3.98. The molecular weight excluding hydrogens is 255 g/mol. The molecule has 0 amide bonds. The Labute approximate surface area is 84.4 Å². The molecule has 0 aromatic carbocycles. The molecule has 9 heteroatoms. The van der Waals surface area contributed by atoms with Crippen LogP contribution in [0.1, 0.15) is 13.3 Å². The molecule has 0 nitrogen and oxygen atoms in total. The van der Waals surface area contributed by atoms with Gasteiger partial charge in [-0.2, -0.15) is 30.7 Å². The highest BCUT2D eigenvalue weighted by Crippen LogP contribution is 2.50. The van der Waals surface area contributed by atoms with Gasteiger partial charge in [0.15, 0.2) is 5.92 Å². The van der Waals surface area contributed by atoms with Crippen molar-refractivity contribution in [2.24, 2.45) is 5.92 Å². The van der Waals surface area contributed by atoms with Crippen molar-refractivity contribution in [2.75, 3.05) is 0 Å². The highest BCUT2D eigenvalue weighted by atomic mass is 19.4. The monoisotopic (exact) mass is 262 g/mol. The van der Waals surface area contributed by atoms with Gasteiger partial charge in [0.05, 0.1) is 0 Å². The zero-order valence-electron chi connectivity index (χ0n) is 7.76. The van der Waals surface area contributed by atoms with Crippen LogP contribution in [0.2, 0.25) is 0 Å². The largest absolute Gasteiger partial charge is 0.403 e. The topological polar surface area (TPSA) is 0 Å². The lowest BCUT2D eigenvalue weighted by atomic mass is 9.94. The average molecular weight is 262 g/mol. The van der Waals surface area contributed by atoms with Crippen molar-refractivity contribution in [2.45, 2.75) is 37.8 Å². The Balaban J connectivity index is 5.38. The van der Waals surface area contributed by atoms with Gasteiger partial charge in [-0.05, 0) is 0 Å². The first kappa shape index (κ1) is 15.4. The molecule has 0 rings (SSSR count). The molecule has 1 atom stereocenters. The number of hydrogen-bond acceptors (Lipinski definition) is 0. The highest BCUT2D eigenvalue weighted by molar-refractivity contribution is 4.94. The standard InChI is InChI=1S/C7H7F9/c1-2-5(10,11)6(12,13)3(4(8)9)7(14,15)16/h3-4H,2H2,1H3. The van der Waals surface area contributed by atoms with E-state index in [0.29, 0.717) is 6.92 Å². The molecule has 0 aliphatic heterocycles. The van der Waals surface area contributed by atoms with E-state index in [1.807, 2.05) is 0 Å². The minimum atomic E-state index is -6.10. The number of hydrogen-bond donors (Lipinski definition) is 0. The molecule has 0 bridgehead atoms. The molecule has 98 valence electrons. The molecule has 0 aromatic heterocycles. The molecule has 0 radical (unpaired) electrons. The van der Waals surface area contributed by atoms with Gasteiger partial charge in [-0.15, -0.1) is 0 Å². The Hall–Kier alpha value is -0.630. The lowest BCUT2D eigenvalue weighted by Gasteiger charge is -2.33. The Morgan fingerprint density at radius 3 is 1.44 bits per heavy atom. The number of rotatable bonds is 4. The third-order valence-electron chi connectivity index (χ3n) is 1.93. The SMILES string of the molecule is CCC(F)(F)C(F)(F)C(C(F)F)C(F)(F)F. The maximum absolute atomic E-state index is 12.7. The minimum Gasteiger partial charge on any atom is -0.210 e. The summed E-state index contributed by atoms with van der Waals surface area (Å²) in [6, 6.07) is 0. The van der Waals surface area contributed by atoms with Gasteiger partial charge in [0.2, 0.25) is 0 Å². The maximum atomic E-state index is 12.7. The molecule has 0 aliphatic rings. The Morgan fingerprint density at radius 1 is 0.875 bits per heavy atom. The second kappa shape index (κ2) is 4.33. The molecule has 0 heterocycles. The summed E-state index contributed by atoms with van der Waals surface area (Å²) in [5, 5.41) is 0. The Morgan fingerprint density at radius 2 is 1.25 bits per heavy atom. The minimum absolute atomic E-state index is 0.479. The maximum Gasteiger partial charge on any atom is 0.403 e. The summed E-state index contributed by atoms with van der Waals surface area (Å²) in [4.78, 5) is 0. The first-order chi connectivity index (χ1) is 6.88. The third-order valence-corrected chi connectivity index (χ3v) is 1.93. The first-order valence-electron chi connectivity index (χ1n) is 3.98. The van der Waals surface area contributed by atoms with Gasteiger partial charge in [0, 0.05) is 6.42 Å². The van der Waals surface area contributed by atoms with Crippen molar-refractivity contribution in [1.82, 2.24) is 0 Å². The second-order valence-electron chi connectivity index (χ2n) is 3.03. The lowest BCUT2D eigenvalue weighted by Crippen LogP contribution is -2.54. The van der Waals surface area contributed by atoms with Gasteiger partial charge >= 0.3 is 18.0 Å². The number of alkyl halides is 9. The van der Waals surface area contributed by atoms with Gasteiger partial charge in [-0.1, -0.05) is 6.92 Å². The normalized spacial score (nSPS) is 16.7. The molecule has 0 N–H and O–H groups in total. The van der Waals surface area contributed by atoms with Crippen LogP contribution in [0, 0.1) is 5.92 Å². The van der Waals surface area contributed by atoms with Crippen molar-refractivity contribution in [3.8, 4) is 0 Å². The van der Waals surface area contributed by atoms with E-state index in [1.165, 1.54) is 0 Å². The highest BCUT2D eigenvalue weighted by Gasteiger charge is 2.70. The van der Waals surface area contributed by atoms with E-state index in [4.69, 9.17) is 0 Å². The molecule has 0 saturated heterocycles. The van der Waals surface area contributed by atoms with Gasteiger partial charge in [0.25, 0.3) is 6.43 Å². The molecule has 0 aliphatic carbocycles. The summed E-state index contributed by atoms with van der Waals surface area (Å²) < 4.78 is 109. The number of halogens is 9. The van der Waals surface area contributed by atoms with Gasteiger partial charge in [-0.3, -0.25) is 0 Å². The zero-order valence-corrected chi connectivity index (χ0v) is 7.76. The molecule has 16 heavy (non-hydrogen) atoms. The van der Waals surface area contributed by atoms with Crippen LogP contribution in [0.5, 0.6) is 0 Å². The predicted molar refractivity (Wildman–Crippen MR) is 35.7 cm³/mol. The summed E-state index contributed by atoms with van der Waals surface area (Å²) in [7, 11) is 0. The van der Waals surface area contributed by atoms with Gasteiger partial charge in [-0.25, -0.2) is 8.78 Å². The lowest BCUT2D eigenvalue weighted by molar-refractivity contribution is -0.328. The molecule has 0 fully saturated rings. The summed E-state index contributed by atoms with van der Waals surface area (Å²) in [5.41, 5.74) is 0. The summed E-state index contributed by atoms with van der Waals surface area (Å²) in [6.07, 6.45) is -12.4. The summed E-state index contributed by atoms with van der Waals surface area (Å²) in [6.45, 7) is 0.479. The zero-order chi connectivity index (χ0) is 13.4. The predicted octanol–water partition coefficient (Wildman–Crippen LogP) is 4.11. The smallest absolute Gasteiger partial charge is 0.210 e. The van der Waals surface area contributed by atoms with Gasteiger partial charge < -0.3 is 0 Å². The van der Waals surface area contributed by atoms with Crippen LogP contribution in [-0.4, -0.2) is 24.4 Å². The molecule has 0 spiro atoms. The fraction of sp³-hybridized carbons (Fsp3) is 1.00. The Kier molecular flexibility index (Phi) is 4.15. The van der Waals surface area contributed by atoms with E-state index in [0.717, 1.165) is 0 Å². The fourth-order valence-electron chi connectivity index (χ4n) is 0.970. The van der Waals surface area contributed by atoms with Crippen molar-refractivity contribution >= 4 is 0 Å². The van der Waals surface area contributed by atoms with Crippen LogP contribution < -0.4 is 0 Å². The average Bonchev–Trinajstić information content (AvgIpc) is 1.99. The van der Waals surface area contributed by atoms with Crippen LogP contribution in [-0.2, 0) is 0 Å². The van der Waals surface area contributed by atoms with Crippen LogP contribution in [0.15, 0.2) is 0 Å². The van der Waals surface area contributed by atoms with Crippen molar-refractivity contribution in [3.05, 3.63) is 0 Å². The summed E-state index contributed by atoms with van der Waals surface area (Å²) >= 11 is 0. The van der Waals surface area contributed by atoms with E-state index in [1.54, 1.807) is 0 Å². The van der Waals surface area contributed by atoms with Crippen molar-refractivity contribution in [1.29, 1.82) is 0 Å². The third kappa shape index (κ3) is 2.73. The Bertz CT molecular complexity index is 229. The quantitative estimate of drug-likeness (QED) is 0.669. The molecule has 1 unspecified atom stereocenters. The van der Waals surface area contributed by atoms with E-state index in [2.05, 4.69) is 0 Å². The van der Waals surface area contributed by atoms with Crippen LogP contribution in [0.3, 0.4) is 0 Å². The molecular formula is C7H7F9.